The van der Waals surface area contributed by atoms with Crippen molar-refractivity contribution in [2.45, 2.75) is 0 Å². The lowest BCUT2D eigenvalue weighted by atomic mass is 10.2. The number of nitro groups is 1. The van der Waals surface area contributed by atoms with Gasteiger partial charge in [0.2, 0.25) is 5.82 Å². The van der Waals surface area contributed by atoms with Crippen LogP contribution in [0.15, 0.2) is 35.1 Å². The molecule has 0 aliphatic heterocycles. The summed E-state index contributed by atoms with van der Waals surface area (Å²) in [7, 11) is 0. The van der Waals surface area contributed by atoms with E-state index in [1.54, 1.807) is 0 Å². The zero-order valence-corrected chi connectivity index (χ0v) is 13.9. The second-order valence-electron chi connectivity index (χ2n) is 4.65. The fraction of sp³-hybridized carbons (Fsp3) is 0. The first-order valence-corrected chi connectivity index (χ1v) is 7.54. The Morgan fingerprint density at radius 1 is 1.25 bits per heavy atom. The van der Waals surface area contributed by atoms with Crippen molar-refractivity contribution < 1.29 is 13.7 Å². The Labute approximate surface area is 146 Å². The topological polar surface area (TPSA) is 81.0 Å². The van der Waals surface area contributed by atoms with E-state index >= 15 is 0 Å². The molecule has 0 spiro atoms. The van der Waals surface area contributed by atoms with E-state index < -0.39 is 22.2 Å². The van der Waals surface area contributed by atoms with Gasteiger partial charge in [0.25, 0.3) is 0 Å². The number of nitrogens with zero attached hydrogens (tertiary/aromatic N) is 3. The lowest BCUT2D eigenvalue weighted by molar-refractivity contribution is -0.387. The number of hydrogen-bond donors (Lipinski definition) is 1. The van der Waals surface area contributed by atoms with Crippen molar-refractivity contribution in [1.82, 2.24) is 9.97 Å². The summed E-state index contributed by atoms with van der Waals surface area (Å²) in [5, 5.41) is 13.6. The number of anilines is 2. The largest absolute Gasteiger partial charge is 0.337 e. The van der Waals surface area contributed by atoms with Crippen molar-refractivity contribution in [3.8, 4) is 0 Å². The third-order valence-corrected chi connectivity index (χ3v) is 4.45. The average molecular weight is 416 g/mol. The van der Waals surface area contributed by atoms with Crippen molar-refractivity contribution >= 4 is 55.6 Å². The molecule has 122 valence electrons. The predicted molar refractivity (Wildman–Crippen MR) is 88.5 cm³/mol. The Morgan fingerprint density at radius 2 is 2.00 bits per heavy atom. The maximum Gasteiger partial charge on any atom is 0.305 e. The molecule has 1 N–H and O–H groups in total. The molecule has 0 fully saturated rings. The van der Waals surface area contributed by atoms with Gasteiger partial charge in [-0.15, -0.1) is 0 Å². The molecular weight excluding hydrogens is 410 g/mol. The van der Waals surface area contributed by atoms with Crippen molar-refractivity contribution in [2.75, 3.05) is 5.32 Å². The molecule has 0 amide bonds. The van der Waals surface area contributed by atoms with Crippen LogP contribution in [0.2, 0.25) is 5.02 Å². The van der Waals surface area contributed by atoms with Gasteiger partial charge in [-0.1, -0.05) is 11.6 Å². The van der Waals surface area contributed by atoms with Gasteiger partial charge in [-0.05, 0) is 28.1 Å². The van der Waals surface area contributed by atoms with E-state index in [9.17, 15) is 18.9 Å². The summed E-state index contributed by atoms with van der Waals surface area (Å²) in [6.45, 7) is 0. The molecule has 1 aromatic heterocycles. The molecule has 1 heterocycles. The fourth-order valence-electron chi connectivity index (χ4n) is 2.06. The van der Waals surface area contributed by atoms with Crippen LogP contribution in [0.25, 0.3) is 10.9 Å². The van der Waals surface area contributed by atoms with Gasteiger partial charge >= 0.3 is 5.69 Å². The Balaban J connectivity index is 2.15. The second-order valence-corrected chi connectivity index (χ2v) is 5.88. The van der Waals surface area contributed by atoms with Crippen LogP contribution in [0.1, 0.15) is 0 Å². The minimum atomic E-state index is -1.02. The third kappa shape index (κ3) is 2.87. The van der Waals surface area contributed by atoms with Crippen molar-refractivity contribution in [1.29, 1.82) is 0 Å². The summed E-state index contributed by atoms with van der Waals surface area (Å²) in [6, 6.07) is 4.85. The standard InChI is InChI=1S/C14H6BrClF2N4O2/c15-7-1-2-9(13(18)12(7)16)21-14-6-3-11(22(23)24)8(17)4-10(6)19-5-20-14/h1-5H,(H,19,20,21). The molecule has 2 aromatic carbocycles. The van der Waals surface area contributed by atoms with E-state index in [0.717, 1.165) is 18.5 Å². The number of nitro benzene ring substituents is 1. The first-order valence-electron chi connectivity index (χ1n) is 6.37. The third-order valence-electron chi connectivity index (χ3n) is 3.19. The normalized spacial score (nSPS) is 10.8. The number of hydrogen-bond acceptors (Lipinski definition) is 5. The van der Waals surface area contributed by atoms with Crippen LogP contribution in [0.3, 0.4) is 0 Å². The highest BCUT2D eigenvalue weighted by atomic mass is 79.9. The van der Waals surface area contributed by atoms with E-state index in [1.807, 2.05) is 0 Å². The summed E-state index contributed by atoms with van der Waals surface area (Å²) in [4.78, 5) is 17.8. The lowest BCUT2D eigenvalue weighted by Crippen LogP contribution is -2.00. The van der Waals surface area contributed by atoms with Gasteiger partial charge in [0, 0.05) is 16.6 Å². The van der Waals surface area contributed by atoms with Gasteiger partial charge in [-0.2, -0.15) is 4.39 Å². The first kappa shape index (κ1) is 16.5. The molecule has 0 atom stereocenters. The molecule has 3 rings (SSSR count). The Hall–Kier alpha value is -2.39. The minimum Gasteiger partial charge on any atom is -0.337 e. The monoisotopic (exact) mass is 414 g/mol. The molecule has 6 nitrogen and oxygen atoms in total. The summed E-state index contributed by atoms with van der Waals surface area (Å²) in [6.07, 6.45) is 1.13. The van der Waals surface area contributed by atoms with Gasteiger partial charge in [-0.25, -0.2) is 14.4 Å². The summed E-state index contributed by atoms with van der Waals surface area (Å²) in [5.41, 5.74) is -0.580. The number of rotatable bonds is 3. The van der Waals surface area contributed by atoms with Gasteiger partial charge in [0.05, 0.1) is 26.5 Å². The molecule has 0 saturated heterocycles. The zero-order chi connectivity index (χ0) is 17.4. The highest BCUT2D eigenvalue weighted by molar-refractivity contribution is 9.10. The van der Waals surface area contributed by atoms with Crippen molar-refractivity contribution in [3.05, 3.63) is 61.8 Å². The van der Waals surface area contributed by atoms with Gasteiger partial charge in [0.15, 0.2) is 5.82 Å². The van der Waals surface area contributed by atoms with Crippen molar-refractivity contribution in [3.63, 3.8) is 0 Å². The Kier molecular flexibility index (Phi) is 4.29. The van der Waals surface area contributed by atoms with Crippen LogP contribution >= 0.6 is 27.5 Å². The molecule has 0 aliphatic rings. The van der Waals surface area contributed by atoms with E-state index in [0.29, 0.717) is 4.47 Å². The van der Waals surface area contributed by atoms with Crippen LogP contribution in [-0.4, -0.2) is 14.9 Å². The van der Waals surface area contributed by atoms with E-state index in [-0.39, 0.29) is 27.4 Å². The smallest absolute Gasteiger partial charge is 0.305 e. The Bertz CT molecular complexity index is 987. The van der Waals surface area contributed by atoms with Crippen LogP contribution in [0, 0.1) is 21.7 Å². The molecule has 0 aliphatic carbocycles. The first-order chi connectivity index (χ1) is 11.4. The molecular formula is C14H6BrClF2N4O2. The molecule has 0 unspecified atom stereocenters. The summed E-state index contributed by atoms with van der Waals surface area (Å²) >= 11 is 8.92. The quantitative estimate of drug-likeness (QED) is 0.371. The molecule has 10 heteroatoms. The van der Waals surface area contributed by atoms with E-state index in [1.165, 1.54) is 12.1 Å². The number of fused-ring (bicyclic) bond motifs is 1. The van der Waals surface area contributed by atoms with Gasteiger partial charge < -0.3 is 5.32 Å². The summed E-state index contributed by atoms with van der Waals surface area (Å²) in [5.74, 6) is -1.66. The molecule has 0 saturated carbocycles. The highest BCUT2D eigenvalue weighted by Crippen LogP contribution is 2.33. The van der Waals surface area contributed by atoms with Crippen molar-refractivity contribution in [2.24, 2.45) is 0 Å². The SMILES string of the molecule is O=[N+]([O-])c1cc2c(Nc3ccc(Br)c(Cl)c3F)ncnc2cc1F. The van der Waals surface area contributed by atoms with Gasteiger partial charge in [-0.3, -0.25) is 10.1 Å². The van der Waals surface area contributed by atoms with Crippen LogP contribution < -0.4 is 5.32 Å². The highest BCUT2D eigenvalue weighted by Gasteiger charge is 2.19. The molecule has 24 heavy (non-hydrogen) atoms. The number of nitrogens with one attached hydrogen (secondary N) is 1. The van der Waals surface area contributed by atoms with Gasteiger partial charge in [0.1, 0.15) is 12.1 Å². The maximum atomic E-state index is 14.2. The zero-order valence-electron chi connectivity index (χ0n) is 11.6. The Morgan fingerprint density at radius 3 is 2.71 bits per heavy atom. The fourth-order valence-corrected chi connectivity index (χ4v) is 2.53. The number of aromatic nitrogens is 2. The summed E-state index contributed by atoms with van der Waals surface area (Å²) < 4.78 is 28.2. The maximum absolute atomic E-state index is 14.2. The molecule has 0 radical (unpaired) electrons. The minimum absolute atomic E-state index is 0.00942. The van der Waals surface area contributed by atoms with Crippen LogP contribution in [-0.2, 0) is 0 Å². The van der Waals surface area contributed by atoms with Crippen LogP contribution in [0.4, 0.5) is 26.0 Å². The lowest BCUT2D eigenvalue weighted by Gasteiger charge is -2.10. The predicted octanol–water partition coefficient (Wildman–Crippen LogP) is 4.98. The number of halogens is 4. The molecule has 0 bridgehead atoms. The molecule has 3 aromatic rings. The van der Waals surface area contributed by atoms with E-state index in [2.05, 4.69) is 31.2 Å². The number of benzene rings is 2. The van der Waals surface area contributed by atoms with E-state index in [4.69, 9.17) is 11.6 Å². The second kappa shape index (κ2) is 6.25. The van der Waals surface area contributed by atoms with Crippen LogP contribution in [0.5, 0.6) is 0 Å². The average Bonchev–Trinajstić information content (AvgIpc) is 2.54.